The molecule has 4 nitrogen and oxygen atoms in total. The molecule has 4 saturated carbocycles. The van der Waals surface area contributed by atoms with E-state index in [1.54, 1.807) is 0 Å². The number of hydrogen-bond acceptors (Lipinski definition) is 3. The Morgan fingerprint density at radius 3 is 2.22 bits per heavy atom. The third-order valence-electron chi connectivity index (χ3n) is 7.65. The fourth-order valence-electron chi connectivity index (χ4n) is 7.03. The van der Waals surface area contributed by atoms with Gasteiger partial charge in [-0.15, -0.1) is 0 Å². The SMILES string of the molecule is CC(C)[C@H](NC12CC3CC(CC(N)(C3)C1)C2)C(=O)N1Cc2ccccc2C1. The van der Waals surface area contributed by atoms with Crippen LogP contribution in [0.5, 0.6) is 0 Å². The number of amides is 1. The van der Waals surface area contributed by atoms with Crippen LogP contribution >= 0.6 is 0 Å². The lowest BCUT2D eigenvalue weighted by Crippen LogP contribution is -2.70. The van der Waals surface area contributed by atoms with Crippen LogP contribution in [0.2, 0.25) is 0 Å². The van der Waals surface area contributed by atoms with Gasteiger partial charge in [0.25, 0.3) is 0 Å². The minimum Gasteiger partial charge on any atom is -0.333 e. The van der Waals surface area contributed by atoms with Crippen molar-refractivity contribution < 1.29 is 4.79 Å². The van der Waals surface area contributed by atoms with E-state index in [1.807, 2.05) is 4.90 Å². The number of benzene rings is 1. The van der Waals surface area contributed by atoms with Gasteiger partial charge in [-0.25, -0.2) is 0 Å². The maximum Gasteiger partial charge on any atom is 0.240 e. The lowest BCUT2D eigenvalue weighted by atomic mass is 9.50. The Morgan fingerprint density at radius 2 is 1.70 bits per heavy atom. The van der Waals surface area contributed by atoms with Crippen LogP contribution in [0.15, 0.2) is 24.3 Å². The van der Waals surface area contributed by atoms with Gasteiger partial charge in [0.05, 0.1) is 6.04 Å². The van der Waals surface area contributed by atoms with E-state index in [1.165, 1.54) is 43.2 Å². The lowest BCUT2D eigenvalue weighted by molar-refractivity contribution is -0.137. The summed E-state index contributed by atoms with van der Waals surface area (Å²) in [7, 11) is 0. The van der Waals surface area contributed by atoms with Crippen LogP contribution < -0.4 is 11.1 Å². The van der Waals surface area contributed by atoms with Crippen molar-refractivity contribution in [3.05, 3.63) is 35.4 Å². The molecule has 3 atom stereocenters. The molecule has 0 spiro atoms. The molecule has 1 aromatic carbocycles. The second kappa shape index (κ2) is 6.05. The third kappa shape index (κ3) is 3.01. The van der Waals surface area contributed by atoms with Gasteiger partial charge in [0.2, 0.25) is 5.91 Å². The topological polar surface area (TPSA) is 58.4 Å². The molecule has 27 heavy (non-hydrogen) atoms. The van der Waals surface area contributed by atoms with Crippen molar-refractivity contribution in [3.8, 4) is 0 Å². The minimum absolute atomic E-state index is 0.00550. The molecule has 1 heterocycles. The van der Waals surface area contributed by atoms with E-state index in [0.717, 1.165) is 31.3 Å². The Hall–Kier alpha value is -1.39. The monoisotopic (exact) mass is 367 g/mol. The second-order valence-electron chi connectivity index (χ2n) is 10.4. The van der Waals surface area contributed by atoms with Crippen LogP contribution in [-0.2, 0) is 17.9 Å². The molecular formula is C23H33N3O. The number of nitrogens with two attached hydrogens (primary N) is 1. The van der Waals surface area contributed by atoms with E-state index in [0.29, 0.717) is 0 Å². The van der Waals surface area contributed by atoms with Crippen LogP contribution in [0.1, 0.15) is 63.5 Å². The van der Waals surface area contributed by atoms with E-state index in [9.17, 15) is 4.79 Å². The number of carbonyl (C=O) groups excluding carboxylic acids is 1. The number of nitrogens with one attached hydrogen (secondary N) is 1. The Bertz CT molecular complexity index is 719. The highest BCUT2D eigenvalue weighted by Gasteiger charge is 2.57. The molecule has 1 aromatic rings. The van der Waals surface area contributed by atoms with E-state index >= 15 is 0 Å². The second-order valence-corrected chi connectivity index (χ2v) is 10.4. The van der Waals surface area contributed by atoms with Crippen molar-refractivity contribution in [3.63, 3.8) is 0 Å². The summed E-state index contributed by atoms with van der Waals surface area (Å²) in [5.74, 6) is 2.05. The van der Waals surface area contributed by atoms with Gasteiger partial charge in [-0.2, -0.15) is 0 Å². The van der Waals surface area contributed by atoms with Crippen LogP contribution in [0.4, 0.5) is 0 Å². The van der Waals surface area contributed by atoms with E-state index in [4.69, 9.17) is 5.73 Å². The van der Waals surface area contributed by atoms with Gasteiger partial charge in [0.1, 0.15) is 0 Å². The zero-order valence-corrected chi connectivity index (χ0v) is 16.7. The maximum absolute atomic E-state index is 13.5. The largest absolute Gasteiger partial charge is 0.333 e. The third-order valence-corrected chi connectivity index (χ3v) is 7.65. The number of carbonyl (C=O) groups is 1. The standard InChI is InChI=1S/C23H33N3O/c1-15(2)20(21(27)26-12-18-5-3-4-6-19(18)13-26)25-23-10-16-7-17(11-23)9-22(24,8-16)14-23/h3-6,15-17,20,25H,7-14,24H2,1-2H3/t16?,17?,20-,22?,23?/m0/s1. The summed E-state index contributed by atoms with van der Waals surface area (Å²) in [4.78, 5) is 15.5. The van der Waals surface area contributed by atoms with Crippen LogP contribution in [0, 0.1) is 17.8 Å². The van der Waals surface area contributed by atoms with E-state index < -0.39 is 0 Å². The highest BCUT2D eigenvalue weighted by atomic mass is 16.2. The fourth-order valence-corrected chi connectivity index (χ4v) is 7.03. The van der Waals surface area contributed by atoms with Gasteiger partial charge >= 0.3 is 0 Å². The Labute approximate surface area is 162 Å². The maximum atomic E-state index is 13.5. The summed E-state index contributed by atoms with van der Waals surface area (Å²) >= 11 is 0. The Morgan fingerprint density at radius 1 is 1.11 bits per heavy atom. The molecule has 1 amide bonds. The van der Waals surface area contributed by atoms with Crippen molar-refractivity contribution in [2.75, 3.05) is 0 Å². The highest BCUT2D eigenvalue weighted by molar-refractivity contribution is 5.83. The molecule has 0 aromatic heterocycles. The van der Waals surface area contributed by atoms with Crippen LogP contribution in [0.3, 0.4) is 0 Å². The van der Waals surface area contributed by atoms with E-state index in [2.05, 4.69) is 43.4 Å². The molecule has 4 aliphatic carbocycles. The van der Waals surface area contributed by atoms with Gasteiger partial charge in [0.15, 0.2) is 0 Å². The van der Waals surface area contributed by atoms with Crippen molar-refractivity contribution in [1.82, 2.24) is 10.2 Å². The summed E-state index contributed by atoms with van der Waals surface area (Å²) in [6.45, 7) is 5.85. The normalized spacial score (nSPS) is 37.7. The molecule has 6 rings (SSSR count). The summed E-state index contributed by atoms with van der Waals surface area (Å²) in [6.07, 6.45) is 7.19. The smallest absolute Gasteiger partial charge is 0.240 e. The minimum atomic E-state index is -0.112. The molecular weight excluding hydrogens is 334 g/mol. The molecule has 0 saturated heterocycles. The molecule has 4 bridgehead atoms. The number of hydrogen-bond donors (Lipinski definition) is 2. The highest BCUT2D eigenvalue weighted by Crippen LogP contribution is 2.56. The number of fused-ring (bicyclic) bond motifs is 1. The fraction of sp³-hybridized carbons (Fsp3) is 0.696. The van der Waals surface area contributed by atoms with Crippen LogP contribution in [0.25, 0.3) is 0 Å². The van der Waals surface area contributed by atoms with Crippen LogP contribution in [-0.4, -0.2) is 27.9 Å². The first-order valence-corrected chi connectivity index (χ1v) is 10.8. The van der Waals surface area contributed by atoms with Gasteiger partial charge in [-0.3, -0.25) is 10.1 Å². The molecule has 3 N–H and O–H groups in total. The summed E-state index contributed by atoms with van der Waals surface area (Å²) in [5.41, 5.74) is 9.45. The predicted octanol–water partition coefficient (Wildman–Crippen LogP) is 3.19. The van der Waals surface area contributed by atoms with E-state index in [-0.39, 0.29) is 28.9 Å². The van der Waals surface area contributed by atoms with Crippen molar-refractivity contribution >= 4 is 5.91 Å². The zero-order valence-electron chi connectivity index (χ0n) is 16.7. The Kier molecular flexibility index (Phi) is 3.97. The molecule has 0 radical (unpaired) electrons. The average molecular weight is 368 g/mol. The van der Waals surface area contributed by atoms with Gasteiger partial charge in [0, 0.05) is 24.2 Å². The van der Waals surface area contributed by atoms with Gasteiger partial charge in [-0.1, -0.05) is 38.1 Å². The first-order chi connectivity index (χ1) is 12.8. The summed E-state index contributed by atoms with van der Waals surface area (Å²) in [5, 5.41) is 3.92. The van der Waals surface area contributed by atoms with Crippen molar-refractivity contribution in [2.24, 2.45) is 23.5 Å². The number of rotatable bonds is 4. The van der Waals surface area contributed by atoms with Gasteiger partial charge < -0.3 is 10.6 Å². The summed E-state index contributed by atoms with van der Waals surface area (Å²) in [6, 6.07) is 8.33. The summed E-state index contributed by atoms with van der Waals surface area (Å²) < 4.78 is 0. The molecule has 5 aliphatic rings. The van der Waals surface area contributed by atoms with Gasteiger partial charge in [-0.05, 0) is 67.4 Å². The lowest BCUT2D eigenvalue weighted by Gasteiger charge is -2.62. The first-order valence-electron chi connectivity index (χ1n) is 10.8. The molecule has 4 heteroatoms. The molecule has 146 valence electrons. The van der Waals surface area contributed by atoms with Crippen molar-refractivity contribution in [2.45, 2.75) is 82.6 Å². The molecule has 4 fully saturated rings. The quantitative estimate of drug-likeness (QED) is 0.859. The first kappa shape index (κ1) is 17.7. The average Bonchev–Trinajstić information content (AvgIpc) is 3.01. The molecule has 1 aliphatic heterocycles. The Balaban J connectivity index is 1.35. The predicted molar refractivity (Wildman–Crippen MR) is 107 cm³/mol. The van der Waals surface area contributed by atoms with Crippen molar-refractivity contribution in [1.29, 1.82) is 0 Å². The number of nitrogens with zero attached hydrogens (tertiary/aromatic N) is 1. The zero-order chi connectivity index (χ0) is 18.8. The molecule has 2 unspecified atom stereocenters.